The standard InChI is InChI=1S/C37H51NO10/c1-11-12-13-15-20-24(23-18-16-14-17-19-23)21-26(39)38-27-29(47-33(42)37(8,9)10)28(46-32(41)36(5,6)7)25(45-30(27)48-34(38)43)22-44-31(40)35(2,3)4/h14,16-19,24-25,27-30H,11-13,21-22H2,1-10H3/t24?,25-,27-,28+,29-,30-/m1/s1. The highest BCUT2D eigenvalue weighted by molar-refractivity contribution is 5.94. The third kappa shape index (κ3) is 9.82. The molecule has 264 valence electrons. The van der Waals surface area contributed by atoms with Gasteiger partial charge in [-0.15, -0.1) is 5.92 Å². The van der Waals surface area contributed by atoms with E-state index in [1.165, 1.54) is 0 Å². The van der Waals surface area contributed by atoms with Gasteiger partial charge in [-0.2, -0.15) is 0 Å². The number of carbonyl (C=O) groups excluding carboxylic acids is 5. The first-order chi connectivity index (χ1) is 22.3. The maximum Gasteiger partial charge on any atom is 0.419 e. The highest BCUT2D eigenvalue weighted by Crippen LogP contribution is 2.38. The van der Waals surface area contributed by atoms with Gasteiger partial charge in [0.2, 0.25) is 12.2 Å². The minimum atomic E-state index is -1.42. The van der Waals surface area contributed by atoms with Gasteiger partial charge in [-0.1, -0.05) is 49.6 Å². The molecule has 2 fully saturated rings. The highest BCUT2D eigenvalue weighted by atomic mass is 16.7. The van der Waals surface area contributed by atoms with Crippen LogP contribution in [-0.2, 0) is 42.9 Å². The molecule has 11 heteroatoms. The van der Waals surface area contributed by atoms with Gasteiger partial charge in [0.15, 0.2) is 12.2 Å². The lowest BCUT2D eigenvalue weighted by Gasteiger charge is -2.44. The fraction of sp³-hybridized carbons (Fsp3) is 0.649. The van der Waals surface area contributed by atoms with Crippen LogP contribution in [-0.4, -0.2) is 72.1 Å². The van der Waals surface area contributed by atoms with Crippen molar-refractivity contribution in [2.24, 2.45) is 16.2 Å². The zero-order valence-electron chi connectivity index (χ0n) is 29.9. The highest BCUT2D eigenvalue weighted by Gasteiger charge is 2.61. The number of rotatable bonds is 9. The molecule has 11 nitrogen and oxygen atoms in total. The second-order valence-corrected chi connectivity index (χ2v) is 15.4. The minimum Gasteiger partial charge on any atom is -0.462 e. The fourth-order valence-corrected chi connectivity index (χ4v) is 4.86. The molecule has 0 aromatic heterocycles. The van der Waals surface area contributed by atoms with Crippen molar-refractivity contribution in [3.8, 4) is 11.8 Å². The zero-order valence-corrected chi connectivity index (χ0v) is 29.9. The molecule has 2 saturated heterocycles. The number of nitrogens with zero attached hydrogens (tertiary/aromatic N) is 1. The number of esters is 3. The average Bonchev–Trinajstić information content (AvgIpc) is 3.32. The SMILES string of the molecule is CCCCC#CC(CC(=O)N1C(=O)O[C@H]2O[C@H](COC(=O)C(C)(C)C)[C@H](OC(=O)C(C)(C)C)[C@H](OC(=O)C(C)(C)C)[C@H]21)c1ccccc1. The van der Waals surface area contributed by atoms with Crippen molar-refractivity contribution in [3.05, 3.63) is 35.9 Å². The lowest BCUT2D eigenvalue weighted by molar-refractivity contribution is -0.259. The predicted octanol–water partition coefficient (Wildman–Crippen LogP) is 5.93. The van der Waals surface area contributed by atoms with Crippen LogP contribution in [0.1, 0.15) is 106 Å². The van der Waals surface area contributed by atoms with Crippen LogP contribution in [0.2, 0.25) is 0 Å². The van der Waals surface area contributed by atoms with Gasteiger partial charge in [0.1, 0.15) is 18.8 Å². The topological polar surface area (TPSA) is 135 Å². The van der Waals surface area contributed by atoms with Gasteiger partial charge in [-0.25, -0.2) is 9.69 Å². The Morgan fingerprint density at radius 1 is 0.854 bits per heavy atom. The molecule has 0 N–H and O–H groups in total. The van der Waals surface area contributed by atoms with E-state index in [2.05, 4.69) is 18.8 Å². The van der Waals surface area contributed by atoms with Gasteiger partial charge in [0, 0.05) is 12.8 Å². The largest absolute Gasteiger partial charge is 0.462 e. The summed E-state index contributed by atoms with van der Waals surface area (Å²) >= 11 is 0. The molecule has 48 heavy (non-hydrogen) atoms. The Labute approximate surface area is 284 Å². The molecular weight excluding hydrogens is 618 g/mol. The number of benzene rings is 1. The summed E-state index contributed by atoms with van der Waals surface area (Å²) in [5.41, 5.74) is -2.05. The first kappa shape index (κ1) is 38.5. The third-order valence-corrected chi connectivity index (χ3v) is 7.81. The maximum absolute atomic E-state index is 14.1. The fourth-order valence-electron chi connectivity index (χ4n) is 4.86. The molecule has 1 aromatic carbocycles. The van der Waals surface area contributed by atoms with E-state index in [-0.39, 0.29) is 6.42 Å². The number of hydrogen-bond donors (Lipinski definition) is 0. The van der Waals surface area contributed by atoms with Crippen LogP contribution in [0.5, 0.6) is 0 Å². The van der Waals surface area contributed by atoms with Crippen LogP contribution in [0.25, 0.3) is 0 Å². The average molecular weight is 670 g/mol. The molecule has 2 heterocycles. The van der Waals surface area contributed by atoms with Crippen molar-refractivity contribution in [1.82, 2.24) is 4.90 Å². The Bertz CT molecular complexity index is 1390. The van der Waals surface area contributed by atoms with Gasteiger partial charge in [-0.05, 0) is 74.3 Å². The van der Waals surface area contributed by atoms with Crippen LogP contribution in [0.4, 0.5) is 4.79 Å². The molecule has 2 aliphatic heterocycles. The van der Waals surface area contributed by atoms with E-state index >= 15 is 0 Å². The van der Waals surface area contributed by atoms with E-state index in [0.29, 0.717) is 6.42 Å². The quantitative estimate of drug-likeness (QED) is 0.135. The van der Waals surface area contributed by atoms with Gasteiger partial charge in [0.25, 0.3) is 0 Å². The first-order valence-electron chi connectivity index (χ1n) is 16.6. The Morgan fingerprint density at radius 3 is 1.96 bits per heavy atom. The Balaban J connectivity index is 2.06. The number of fused-ring (bicyclic) bond motifs is 1. The van der Waals surface area contributed by atoms with Crippen LogP contribution >= 0.6 is 0 Å². The summed E-state index contributed by atoms with van der Waals surface area (Å²) in [6, 6.07) is 7.96. The van der Waals surface area contributed by atoms with E-state index < -0.39 is 89.3 Å². The smallest absolute Gasteiger partial charge is 0.419 e. The summed E-state index contributed by atoms with van der Waals surface area (Å²) in [4.78, 5) is 67.9. The minimum absolute atomic E-state index is 0.180. The summed E-state index contributed by atoms with van der Waals surface area (Å²) < 4.78 is 29.2. The molecule has 1 aromatic rings. The molecule has 0 aliphatic carbocycles. The molecule has 0 radical (unpaired) electrons. The Hall–Kier alpha value is -3.91. The van der Waals surface area contributed by atoms with E-state index in [0.717, 1.165) is 23.3 Å². The number of hydrogen-bond acceptors (Lipinski definition) is 10. The monoisotopic (exact) mass is 669 g/mol. The zero-order chi connectivity index (χ0) is 36.0. The summed E-state index contributed by atoms with van der Waals surface area (Å²) in [5, 5.41) is 0. The molecule has 2 aliphatic rings. The molecular formula is C37H51NO10. The van der Waals surface area contributed by atoms with Crippen LogP contribution in [0, 0.1) is 28.1 Å². The number of unbranched alkanes of at least 4 members (excludes halogenated alkanes) is 2. The number of carbonyl (C=O) groups is 5. The maximum atomic E-state index is 14.1. The van der Waals surface area contributed by atoms with Crippen molar-refractivity contribution in [3.63, 3.8) is 0 Å². The van der Waals surface area contributed by atoms with Crippen LogP contribution < -0.4 is 0 Å². The van der Waals surface area contributed by atoms with Gasteiger partial charge >= 0.3 is 24.0 Å². The van der Waals surface area contributed by atoms with Crippen molar-refractivity contribution in [2.45, 2.75) is 131 Å². The van der Waals surface area contributed by atoms with Crippen LogP contribution in [0.3, 0.4) is 0 Å². The molecule has 6 atom stereocenters. The molecule has 2 amide bonds. The molecule has 0 spiro atoms. The second kappa shape index (κ2) is 15.5. The van der Waals surface area contributed by atoms with Gasteiger partial charge < -0.3 is 23.7 Å². The normalized spacial score (nSPS) is 23.2. The van der Waals surface area contributed by atoms with Crippen molar-refractivity contribution in [1.29, 1.82) is 0 Å². The van der Waals surface area contributed by atoms with E-state index in [1.807, 2.05) is 30.3 Å². The number of ether oxygens (including phenoxy) is 5. The summed E-state index contributed by atoms with van der Waals surface area (Å²) in [7, 11) is 0. The summed E-state index contributed by atoms with van der Waals surface area (Å²) in [5.74, 6) is 3.28. The Morgan fingerprint density at radius 2 is 1.42 bits per heavy atom. The number of imide groups is 1. The molecule has 1 unspecified atom stereocenters. The number of amides is 2. The van der Waals surface area contributed by atoms with E-state index in [4.69, 9.17) is 23.7 Å². The van der Waals surface area contributed by atoms with E-state index in [1.54, 1.807) is 62.3 Å². The lowest BCUT2D eigenvalue weighted by atomic mass is 9.91. The Kier molecular flexibility index (Phi) is 12.5. The third-order valence-electron chi connectivity index (χ3n) is 7.81. The van der Waals surface area contributed by atoms with Gasteiger partial charge in [-0.3, -0.25) is 19.2 Å². The van der Waals surface area contributed by atoms with Gasteiger partial charge in [0.05, 0.1) is 22.2 Å². The summed E-state index contributed by atoms with van der Waals surface area (Å²) in [6.45, 7) is 16.6. The van der Waals surface area contributed by atoms with E-state index in [9.17, 15) is 24.0 Å². The molecule has 0 saturated carbocycles. The first-order valence-corrected chi connectivity index (χ1v) is 16.6. The second-order valence-electron chi connectivity index (χ2n) is 15.4. The van der Waals surface area contributed by atoms with Crippen molar-refractivity contribution in [2.75, 3.05) is 6.61 Å². The van der Waals surface area contributed by atoms with Crippen molar-refractivity contribution < 1.29 is 47.7 Å². The molecule has 3 rings (SSSR count). The van der Waals surface area contributed by atoms with Crippen LogP contribution in [0.15, 0.2) is 30.3 Å². The van der Waals surface area contributed by atoms with Crippen molar-refractivity contribution >= 4 is 29.9 Å². The lowest BCUT2D eigenvalue weighted by Crippen LogP contribution is -2.65. The predicted molar refractivity (Wildman–Crippen MR) is 176 cm³/mol. The summed E-state index contributed by atoms with van der Waals surface area (Å²) in [6.07, 6.45) is -4.06. The molecule has 0 bridgehead atoms.